The first kappa shape index (κ1) is 30.1. The number of fused-ring (bicyclic) bond motifs is 5. The summed E-state index contributed by atoms with van der Waals surface area (Å²) in [6.07, 6.45) is 8.09. The topological polar surface area (TPSA) is 72.5 Å². The van der Waals surface area contributed by atoms with Crippen LogP contribution in [-0.4, -0.2) is 23.8 Å². The van der Waals surface area contributed by atoms with Crippen LogP contribution >= 0.6 is 22.9 Å². The molecule has 1 amide bonds. The van der Waals surface area contributed by atoms with Crippen LogP contribution in [-0.2, 0) is 19.1 Å². The summed E-state index contributed by atoms with van der Waals surface area (Å²) in [5.74, 6) is 2.95. The lowest BCUT2D eigenvalue weighted by atomic mass is 9.43. The highest BCUT2D eigenvalue weighted by Gasteiger charge is 2.63. The Bertz CT molecular complexity index is 1130. The van der Waals surface area contributed by atoms with Gasteiger partial charge in [-0.2, -0.15) is 0 Å². The maximum absolute atomic E-state index is 13.4. The van der Waals surface area contributed by atoms with Crippen molar-refractivity contribution in [1.82, 2.24) is 5.32 Å². The first-order valence-corrected chi connectivity index (χ1v) is 16.8. The van der Waals surface area contributed by atoms with Gasteiger partial charge in [-0.3, -0.25) is 14.4 Å². The molecule has 0 aliphatic heterocycles. The van der Waals surface area contributed by atoms with Crippen molar-refractivity contribution in [3.05, 3.63) is 21.3 Å². The standard InChI is InChI=1S/C33H48ClNO4S/c1-18(2)31(27-9-10-28(34)40-27)35-29(38)15-19(3)23-7-8-24-30-25(12-14-33(23,24)6)32(5)13-11-22(37)16-21(32)17-26(30)39-20(4)36/h9-10,18-19,21,23-26,30-31H,7-8,11-17H2,1-6H3,(H,35,38)/t19-,21+,23?,24+,25+,26-,30+,31?,32+,33-/m1/s1. The zero-order chi connectivity index (χ0) is 29.0. The Morgan fingerprint density at radius 3 is 2.48 bits per heavy atom. The number of Topliss-reactive ketones (excluding diaryl/α,β-unsaturated/α-hetero) is 1. The highest BCUT2D eigenvalue weighted by molar-refractivity contribution is 7.16. The van der Waals surface area contributed by atoms with Crippen molar-refractivity contribution in [2.75, 3.05) is 0 Å². The molecule has 4 fully saturated rings. The van der Waals surface area contributed by atoms with Crippen LogP contribution in [0.4, 0.5) is 0 Å². The number of carbonyl (C=O) groups excluding carboxylic acids is 3. The van der Waals surface area contributed by atoms with Crippen LogP contribution in [0.25, 0.3) is 0 Å². The molecule has 0 spiro atoms. The molecule has 0 saturated heterocycles. The molecule has 2 unspecified atom stereocenters. The van der Waals surface area contributed by atoms with Crippen molar-refractivity contribution in [3.63, 3.8) is 0 Å². The minimum Gasteiger partial charge on any atom is -0.462 e. The van der Waals surface area contributed by atoms with E-state index in [2.05, 4.69) is 39.9 Å². The predicted molar refractivity (Wildman–Crippen MR) is 160 cm³/mol. The van der Waals surface area contributed by atoms with Crippen molar-refractivity contribution < 1.29 is 19.1 Å². The smallest absolute Gasteiger partial charge is 0.302 e. The van der Waals surface area contributed by atoms with E-state index in [9.17, 15) is 14.4 Å². The van der Waals surface area contributed by atoms with E-state index >= 15 is 0 Å². The first-order valence-electron chi connectivity index (χ1n) is 15.6. The Hall–Kier alpha value is -1.40. The molecule has 7 heteroatoms. The molecule has 1 N–H and O–H groups in total. The molecule has 4 aliphatic rings. The van der Waals surface area contributed by atoms with Gasteiger partial charge in [0.2, 0.25) is 5.91 Å². The average Bonchev–Trinajstić information content (AvgIpc) is 3.45. The molecule has 1 heterocycles. The summed E-state index contributed by atoms with van der Waals surface area (Å²) < 4.78 is 6.84. The highest BCUT2D eigenvalue weighted by atomic mass is 35.5. The fourth-order valence-corrected chi connectivity index (χ4v) is 11.3. The molecule has 5 nitrogen and oxygen atoms in total. The second-order valence-electron chi connectivity index (χ2n) is 14.5. The van der Waals surface area contributed by atoms with E-state index in [1.165, 1.54) is 6.92 Å². The number of ether oxygens (including phenoxy) is 1. The van der Waals surface area contributed by atoms with E-state index in [1.807, 2.05) is 12.1 Å². The van der Waals surface area contributed by atoms with E-state index in [0.717, 1.165) is 47.7 Å². The quantitative estimate of drug-likeness (QED) is 0.327. The number of nitrogens with one attached hydrogen (secondary N) is 1. The number of esters is 1. The van der Waals surface area contributed by atoms with Crippen LogP contribution in [0.1, 0.15) is 110 Å². The molecule has 10 atom stereocenters. The van der Waals surface area contributed by atoms with Crippen molar-refractivity contribution in [3.8, 4) is 0 Å². The normalized spacial score (nSPS) is 38.6. The maximum atomic E-state index is 13.4. The third-order valence-electron chi connectivity index (χ3n) is 11.9. The van der Waals surface area contributed by atoms with Gasteiger partial charge in [-0.15, -0.1) is 11.3 Å². The largest absolute Gasteiger partial charge is 0.462 e. The zero-order valence-corrected chi connectivity index (χ0v) is 26.7. The molecule has 0 aromatic carbocycles. The van der Waals surface area contributed by atoms with Gasteiger partial charge in [-0.05, 0) is 97.0 Å². The average molecular weight is 590 g/mol. The molecule has 1 aromatic heterocycles. The second kappa shape index (κ2) is 11.4. The maximum Gasteiger partial charge on any atom is 0.302 e. The Balaban J connectivity index is 1.32. The van der Waals surface area contributed by atoms with Crippen molar-refractivity contribution in [2.45, 2.75) is 111 Å². The third-order valence-corrected chi connectivity index (χ3v) is 13.3. The summed E-state index contributed by atoms with van der Waals surface area (Å²) >= 11 is 7.74. The number of halogens is 1. The van der Waals surface area contributed by atoms with Crippen molar-refractivity contribution in [2.24, 2.45) is 52.3 Å². The molecule has 4 aliphatic carbocycles. The van der Waals surface area contributed by atoms with Gasteiger partial charge in [0.25, 0.3) is 0 Å². The molecular weight excluding hydrogens is 542 g/mol. The summed E-state index contributed by atoms with van der Waals surface area (Å²) in [5, 5.41) is 3.33. The number of thiophene rings is 1. The van der Waals surface area contributed by atoms with Gasteiger partial charge >= 0.3 is 5.97 Å². The lowest BCUT2D eigenvalue weighted by Gasteiger charge is -2.62. The van der Waals surface area contributed by atoms with Gasteiger partial charge < -0.3 is 10.1 Å². The van der Waals surface area contributed by atoms with E-state index in [4.69, 9.17) is 16.3 Å². The Kier molecular flexibility index (Phi) is 8.54. The summed E-state index contributed by atoms with van der Waals surface area (Å²) in [5.41, 5.74) is 0.280. The van der Waals surface area contributed by atoms with Crippen LogP contribution in [0.5, 0.6) is 0 Å². The molecule has 0 radical (unpaired) electrons. The van der Waals surface area contributed by atoms with Crippen LogP contribution in [0.3, 0.4) is 0 Å². The molecule has 0 bridgehead atoms. The number of hydrogen-bond donors (Lipinski definition) is 1. The van der Waals surface area contributed by atoms with Gasteiger partial charge in [0.05, 0.1) is 10.4 Å². The summed E-state index contributed by atoms with van der Waals surface area (Å²) in [6, 6.07) is 3.91. The Labute approximate surface area is 249 Å². The minimum absolute atomic E-state index is 0.0256. The molecule has 1 aromatic rings. The van der Waals surface area contributed by atoms with Crippen molar-refractivity contribution in [1.29, 1.82) is 0 Å². The molecule has 4 saturated carbocycles. The van der Waals surface area contributed by atoms with Gasteiger partial charge in [-0.25, -0.2) is 0 Å². The highest BCUT2D eigenvalue weighted by Crippen LogP contribution is 2.68. The van der Waals surface area contributed by atoms with Crippen LogP contribution < -0.4 is 5.32 Å². The summed E-state index contributed by atoms with van der Waals surface area (Å²) in [7, 11) is 0. The Morgan fingerprint density at radius 2 is 1.82 bits per heavy atom. The lowest BCUT2D eigenvalue weighted by Crippen LogP contribution is -2.59. The summed E-state index contributed by atoms with van der Waals surface area (Å²) in [4.78, 5) is 39.2. The van der Waals surface area contributed by atoms with E-state index < -0.39 is 0 Å². The molecule has 222 valence electrons. The fourth-order valence-electron chi connectivity index (χ4n) is 10.0. The van der Waals surface area contributed by atoms with Crippen LogP contribution in [0, 0.1) is 52.3 Å². The monoisotopic (exact) mass is 589 g/mol. The number of carbonyl (C=O) groups is 3. The zero-order valence-electron chi connectivity index (χ0n) is 25.1. The molecular formula is C33H48ClNO4S. The third kappa shape index (κ3) is 5.41. The van der Waals surface area contributed by atoms with E-state index in [1.54, 1.807) is 11.3 Å². The SMILES string of the molecule is CC(=O)O[C@@H]1C[C@@H]2CC(=O)CC[C@]2(C)[C@H]2CC[C@]3(C)C([C@H](C)CC(=O)NC(c4ccc(Cl)s4)C(C)C)CC[C@H]3[C@H]12. The number of amides is 1. The predicted octanol–water partition coefficient (Wildman–Crippen LogP) is 8.01. The lowest BCUT2D eigenvalue weighted by molar-refractivity contribution is -0.189. The van der Waals surface area contributed by atoms with Gasteiger partial charge in [0.15, 0.2) is 0 Å². The van der Waals surface area contributed by atoms with Gasteiger partial charge in [0.1, 0.15) is 11.9 Å². The molecule has 5 rings (SSSR count). The van der Waals surface area contributed by atoms with Crippen LogP contribution in [0.2, 0.25) is 4.34 Å². The van der Waals surface area contributed by atoms with Gasteiger partial charge in [-0.1, -0.05) is 46.2 Å². The first-order chi connectivity index (χ1) is 18.8. The fraction of sp³-hybridized carbons (Fsp3) is 0.788. The van der Waals surface area contributed by atoms with E-state index in [-0.39, 0.29) is 46.7 Å². The van der Waals surface area contributed by atoms with Crippen molar-refractivity contribution >= 4 is 40.6 Å². The van der Waals surface area contributed by atoms with Crippen LogP contribution in [0.15, 0.2) is 12.1 Å². The van der Waals surface area contributed by atoms with E-state index in [0.29, 0.717) is 54.6 Å². The molecule has 40 heavy (non-hydrogen) atoms. The van der Waals surface area contributed by atoms with Gasteiger partial charge in [0, 0.05) is 37.0 Å². The minimum atomic E-state index is -0.201. The summed E-state index contributed by atoms with van der Waals surface area (Å²) in [6.45, 7) is 13.0. The second-order valence-corrected chi connectivity index (χ2v) is 16.2. The number of ketones is 1. The number of hydrogen-bond acceptors (Lipinski definition) is 5. The number of rotatable bonds is 7. The Morgan fingerprint density at radius 1 is 1.10 bits per heavy atom.